The molecular formula is C18H15FN6OS. The number of fused-ring (bicyclic) bond motifs is 1. The molecular weight excluding hydrogens is 367 g/mol. The van der Waals surface area contributed by atoms with Gasteiger partial charge in [-0.15, -0.1) is 0 Å². The van der Waals surface area contributed by atoms with Gasteiger partial charge in [-0.25, -0.2) is 14.4 Å². The van der Waals surface area contributed by atoms with Crippen molar-refractivity contribution in [1.82, 2.24) is 20.2 Å². The SMILES string of the molecule is Cc1cc(F)cnc1Nc1ncc(C(=O)Nc2c(C)ccc3[nH]ncc23)s1. The molecule has 0 saturated heterocycles. The van der Waals surface area contributed by atoms with Crippen molar-refractivity contribution in [2.45, 2.75) is 13.8 Å². The zero-order valence-electron chi connectivity index (χ0n) is 14.5. The lowest BCUT2D eigenvalue weighted by atomic mass is 10.1. The number of nitrogens with one attached hydrogen (secondary N) is 3. The molecule has 0 radical (unpaired) electrons. The van der Waals surface area contributed by atoms with E-state index in [-0.39, 0.29) is 5.91 Å². The highest BCUT2D eigenvalue weighted by Gasteiger charge is 2.15. The van der Waals surface area contributed by atoms with E-state index < -0.39 is 5.82 Å². The number of rotatable bonds is 4. The van der Waals surface area contributed by atoms with Gasteiger partial charge in [0.2, 0.25) is 0 Å². The standard InChI is InChI=1S/C18H15FN6OS/c1-9-3-4-13-12(7-22-25-13)15(9)23-17(26)14-8-21-18(27-14)24-16-10(2)5-11(19)6-20-16/h3-8H,1-2H3,(H,22,25)(H,23,26)(H,20,21,24). The fraction of sp³-hybridized carbons (Fsp3) is 0.111. The lowest BCUT2D eigenvalue weighted by Gasteiger charge is -2.08. The van der Waals surface area contributed by atoms with E-state index in [9.17, 15) is 9.18 Å². The Balaban J connectivity index is 1.55. The molecule has 0 aliphatic rings. The molecule has 0 aliphatic heterocycles. The van der Waals surface area contributed by atoms with Crippen molar-refractivity contribution in [3.05, 3.63) is 58.6 Å². The van der Waals surface area contributed by atoms with E-state index in [4.69, 9.17) is 0 Å². The molecule has 3 N–H and O–H groups in total. The average Bonchev–Trinajstić information content (AvgIpc) is 3.29. The molecule has 3 aromatic heterocycles. The van der Waals surface area contributed by atoms with Gasteiger partial charge in [0.1, 0.15) is 16.5 Å². The minimum Gasteiger partial charge on any atom is -0.320 e. The molecule has 1 aromatic carbocycles. The molecule has 0 bridgehead atoms. The lowest BCUT2D eigenvalue weighted by molar-refractivity contribution is 0.103. The number of aromatic amines is 1. The van der Waals surface area contributed by atoms with E-state index in [1.165, 1.54) is 23.6 Å². The van der Waals surface area contributed by atoms with Crippen LogP contribution in [0.15, 0.2) is 36.8 Å². The van der Waals surface area contributed by atoms with Crippen molar-refractivity contribution in [3.8, 4) is 0 Å². The number of amides is 1. The number of carbonyl (C=O) groups excluding carboxylic acids is 1. The number of hydrogen-bond acceptors (Lipinski definition) is 6. The van der Waals surface area contributed by atoms with E-state index >= 15 is 0 Å². The Morgan fingerprint density at radius 3 is 2.81 bits per heavy atom. The van der Waals surface area contributed by atoms with E-state index in [1.54, 1.807) is 13.1 Å². The predicted molar refractivity (Wildman–Crippen MR) is 103 cm³/mol. The minimum absolute atomic E-state index is 0.263. The van der Waals surface area contributed by atoms with Crippen molar-refractivity contribution in [3.63, 3.8) is 0 Å². The van der Waals surface area contributed by atoms with Gasteiger partial charge >= 0.3 is 0 Å². The van der Waals surface area contributed by atoms with Crippen LogP contribution in [-0.2, 0) is 0 Å². The van der Waals surface area contributed by atoms with Gasteiger partial charge < -0.3 is 10.6 Å². The second-order valence-electron chi connectivity index (χ2n) is 6.02. The molecule has 0 spiro atoms. The summed E-state index contributed by atoms with van der Waals surface area (Å²) < 4.78 is 13.2. The Morgan fingerprint density at radius 1 is 1.15 bits per heavy atom. The number of hydrogen-bond donors (Lipinski definition) is 3. The number of nitrogens with zero attached hydrogens (tertiary/aromatic N) is 3. The third-order valence-corrected chi connectivity index (χ3v) is 4.98. The number of aromatic nitrogens is 4. The number of H-pyrrole nitrogens is 1. The Kier molecular flexibility index (Phi) is 4.28. The van der Waals surface area contributed by atoms with Gasteiger partial charge in [0.25, 0.3) is 5.91 Å². The summed E-state index contributed by atoms with van der Waals surface area (Å²) >= 11 is 1.19. The molecule has 0 fully saturated rings. The number of pyridine rings is 1. The van der Waals surface area contributed by atoms with Crippen LogP contribution in [0.5, 0.6) is 0 Å². The van der Waals surface area contributed by atoms with Gasteiger partial charge in [-0.05, 0) is 37.1 Å². The first-order chi connectivity index (χ1) is 13.0. The molecule has 1 amide bonds. The first-order valence-electron chi connectivity index (χ1n) is 8.10. The molecule has 3 heterocycles. The topological polar surface area (TPSA) is 95.6 Å². The second kappa shape index (κ2) is 6.76. The fourth-order valence-corrected chi connectivity index (χ4v) is 3.39. The van der Waals surface area contributed by atoms with Crippen molar-refractivity contribution >= 4 is 44.8 Å². The predicted octanol–water partition coefficient (Wildman–Crippen LogP) is 4.17. The second-order valence-corrected chi connectivity index (χ2v) is 7.05. The Labute approximate surface area is 157 Å². The van der Waals surface area contributed by atoms with Crippen LogP contribution in [0.2, 0.25) is 0 Å². The quantitative estimate of drug-likeness (QED) is 0.492. The Hall–Kier alpha value is -3.33. The highest BCUT2D eigenvalue weighted by Crippen LogP contribution is 2.28. The highest BCUT2D eigenvalue weighted by atomic mass is 32.1. The fourth-order valence-electron chi connectivity index (χ4n) is 2.68. The van der Waals surface area contributed by atoms with Gasteiger partial charge in [0, 0.05) is 5.39 Å². The Morgan fingerprint density at radius 2 is 2.00 bits per heavy atom. The van der Waals surface area contributed by atoms with Crippen LogP contribution in [0.4, 0.5) is 21.0 Å². The van der Waals surface area contributed by atoms with Crippen LogP contribution in [0.3, 0.4) is 0 Å². The number of carbonyl (C=O) groups is 1. The average molecular weight is 382 g/mol. The van der Waals surface area contributed by atoms with Crippen LogP contribution < -0.4 is 10.6 Å². The summed E-state index contributed by atoms with van der Waals surface area (Å²) in [5, 5.41) is 14.2. The molecule has 0 saturated carbocycles. The molecule has 9 heteroatoms. The third kappa shape index (κ3) is 3.36. The number of aryl methyl sites for hydroxylation is 2. The largest absolute Gasteiger partial charge is 0.320 e. The number of benzene rings is 1. The summed E-state index contributed by atoms with van der Waals surface area (Å²) in [6.07, 6.45) is 4.30. The van der Waals surface area contributed by atoms with E-state index in [0.717, 1.165) is 22.7 Å². The molecule has 27 heavy (non-hydrogen) atoms. The molecule has 136 valence electrons. The van der Waals surface area contributed by atoms with E-state index in [1.807, 2.05) is 19.1 Å². The van der Waals surface area contributed by atoms with Crippen LogP contribution in [0.1, 0.15) is 20.8 Å². The van der Waals surface area contributed by atoms with Crippen LogP contribution >= 0.6 is 11.3 Å². The van der Waals surface area contributed by atoms with E-state index in [0.29, 0.717) is 27.1 Å². The summed E-state index contributed by atoms with van der Waals surface area (Å²) in [7, 11) is 0. The molecule has 7 nitrogen and oxygen atoms in total. The molecule has 0 aliphatic carbocycles. The maximum atomic E-state index is 13.2. The summed E-state index contributed by atoms with van der Waals surface area (Å²) in [6, 6.07) is 5.21. The van der Waals surface area contributed by atoms with E-state index in [2.05, 4.69) is 30.8 Å². The molecule has 0 atom stereocenters. The van der Waals surface area contributed by atoms with Gasteiger partial charge in [-0.1, -0.05) is 17.4 Å². The minimum atomic E-state index is -0.402. The maximum absolute atomic E-state index is 13.2. The smallest absolute Gasteiger partial charge is 0.267 e. The van der Waals surface area contributed by atoms with Crippen molar-refractivity contribution in [2.75, 3.05) is 10.6 Å². The number of thiazole rings is 1. The summed E-state index contributed by atoms with van der Waals surface area (Å²) in [6.45, 7) is 3.67. The zero-order chi connectivity index (χ0) is 19.0. The third-order valence-electron chi connectivity index (χ3n) is 4.07. The van der Waals surface area contributed by atoms with Crippen LogP contribution in [0, 0.1) is 19.7 Å². The van der Waals surface area contributed by atoms with Gasteiger partial charge in [0.05, 0.1) is 29.8 Å². The molecule has 4 rings (SSSR count). The number of anilines is 3. The summed E-state index contributed by atoms with van der Waals surface area (Å²) in [5.41, 5.74) is 3.15. The van der Waals surface area contributed by atoms with Crippen molar-refractivity contribution < 1.29 is 9.18 Å². The number of halogens is 1. The van der Waals surface area contributed by atoms with Crippen molar-refractivity contribution in [1.29, 1.82) is 0 Å². The van der Waals surface area contributed by atoms with Crippen LogP contribution in [-0.4, -0.2) is 26.1 Å². The Bertz CT molecular complexity index is 1150. The van der Waals surface area contributed by atoms with Crippen LogP contribution in [0.25, 0.3) is 10.9 Å². The first-order valence-corrected chi connectivity index (χ1v) is 8.92. The zero-order valence-corrected chi connectivity index (χ0v) is 15.3. The van der Waals surface area contributed by atoms with Crippen molar-refractivity contribution in [2.24, 2.45) is 0 Å². The summed E-state index contributed by atoms with van der Waals surface area (Å²) in [5.74, 6) is -0.168. The maximum Gasteiger partial charge on any atom is 0.267 e. The van der Waals surface area contributed by atoms with Gasteiger partial charge in [-0.2, -0.15) is 5.10 Å². The highest BCUT2D eigenvalue weighted by molar-refractivity contribution is 7.17. The lowest BCUT2D eigenvalue weighted by Crippen LogP contribution is -2.11. The molecule has 0 unspecified atom stereocenters. The normalized spacial score (nSPS) is 10.9. The monoisotopic (exact) mass is 382 g/mol. The molecule has 4 aromatic rings. The summed E-state index contributed by atoms with van der Waals surface area (Å²) in [4.78, 5) is 21.3. The first kappa shape index (κ1) is 17.1. The van der Waals surface area contributed by atoms with Gasteiger partial charge in [-0.3, -0.25) is 9.89 Å². The van der Waals surface area contributed by atoms with Gasteiger partial charge in [0.15, 0.2) is 5.13 Å².